The van der Waals surface area contributed by atoms with Gasteiger partial charge in [-0.1, -0.05) is 44.9 Å². The molecule has 4 rings (SSSR count). The fraction of sp³-hybridized carbons (Fsp3) is 0.0500. The van der Waals surface area contributed by atoms with E-state index in [9.17, 15) is 13.6 Å². The summed E-state index contributed by atoms with van der Waals surface area (Å²) < 4.78 is 28.7. The minimum atomic E-state index is -0.784. The van der Waals surface area contributed by atoms with Gasteiger partial charge in [0.15, 0.2) is 10.9 Å². The molecule has 9 heteroatoms. The lowest BCUT2D eigenvalue weighted by Gasteiger charge is -2.20. The molecule has 0 radical (unpaired) electrons. The van der Waals surface area contributed by atoms with Gasteiger partial charge in [-0.2, -0.15) is 0 Å². The number of fused-ring (bicyclic) bond motifs is 1. The first-order valence-electron chi connectivity index (χ1n) is 8.35. The molecule has 0 saturated heterocycles. The monoisotopic (exact) mass is 493 g/mol. The second kappa shape index (κ2) is 8.14. The van der Waals surface area contributed by atoms with Crippen molar-refractivity contribution in [3.63, 3.8) is 0 Å². The van der Waals surface area contributed by atoms with Crippen LogP contribution in [0.5, 0.6) is 0 Å². The van der Waals surface area contributed by atoms with E-state index in [1.807, 2.05) is 0 Å². The van der Waals surface area contributed by atoms with Crippen molar-refractivity contribution in [3.05, 3.63) is 87.1 Å². The van der Waals surface area contributed by atoms with Crippen molar-refractivity contribution in [1.29, 1.82) is 0 Å². The minimum Gasteiger partial charge on any atom is -0.278 e. The van der Waals surface area contributed by atoms with Crippen LogP contribution in [0.2, 0.25) is 5.02 Å². The second-order valence-corrected chi connectivity index (χ2v) is 8.40. The van der Waals surface area contributed by atoms with Gasteiger partial charge in [0.05, 0.1) is 27.5 Å². The molecule has 0 aliphatic carbocycles. The summed E-state index contributed by atoms with van der Waals surface area (Å²) in [6.07, 6.45) is 1.61. The summed E-state index contributed by atoms with van der Waals surface area (Å²) >= 11 is 10.6. The number of benzene rings is 2. The van der Waals surface area contributed by atoms with E-state index in [2.05, 4.69) is 25.9 Å². The Morgan fingerprint density at radius 2 is 2.00 bits per heavy atom. The molecular weight excluding hydrogens is 484 g/mol. The fourth-order valence-corrected chi connectivity index (χ4v) is 4.31. The zero-order valence-corrected chi connectivity index (χ0v) is 17.7. The molecule has 2 aromatic carbocycles. The lowest BCUT2D eigenvalue weighted by Crippen LogP contribution is -2.31. The highest BCUT2D eigenvalue weighted by Gasteiger charge is 2.25. The Kier molecular flexibility index (Phi) is 5.58. The SMILES string of the molecule is O=C(c1cc(Br)ccc1Cl)N(Cc1ccccn1)c1nc2c(F)cc(F)cc2s1. The summed E-state index contributed by atoms with van der Waals surface area (Å²) in [5.41, 5.74) is 0.867. The summed E-state index contributed by atoms with van der Waals surface area (Å²) in [5, 5.41) is 0.485. The van der Waals surface area contributed by atoms with Gasteiger partial charge in [-0.25, -0.2) is 13.8 Å². The van der Waals surface area contributed by atoms with Gasteiger partial charge in [0.25, 0.3) is 5.91 Å². The standard InChI is InChI=1S/C20H11BrClF2N3OS/c21-11-4-5-15(22)14(7-11)19(28)27(10-13-3-1-2-6-25-13)20-26-18-16(24)8-12(23)9-17(18)29-20/h1-9H,10H2. The van der Waals surface area contributed by atoms with Gasteiger partial charge in [-0.15, -0.1) is 0 Å². The Morgan fingerprint density at radius 3 is 2.76 bits per heavy atom. The number of hydrogen-bond acceptors (Lipinski definition) is 4. The normalized spacial score (nSPS) is 11.0. The summed E-state index contributed by atoms with van der Waals surface area (Å²) in [5.74, 6) is -1.92. The molecule has 0 fully saturated rings. The number of halogens is 4. The van der Waals surface area contributed by atoms with Crippen LogP contribution in [0.1, 0.15) is 16.1 Å². The van der Waals surface area contributed by atoms with Crippen molar-refractivity contribution in [2.24, 2.45) is 0 Å². The van der Waals surface area contributed by atoms with Crippen LogP contribution in [-0.2, 0) is 6.54 Å². The first-order chi connectivity index (χ1) is 13.9. The Balaban J connectivity index is 1.83. The smallest absolute Gasteiger partial charge is 0.261 e. The molecule has 0 saturated carbocycles. The average molecular weight is 495 g/mol. The average Bonchev–Trinajstić information content (AvgIpc) is 3.12. The number of carbonyl (C=O) groups is 1. The van der Waals surface area contributed by atoms with Gasteiger partial charge in [0.1, 0.15) is 11.3 Å². The highest BCUT2D eigenvalue weighted by atomic mass is 79.9. The maximum atomic E-state index is 14.2. The molecule has 0 spiro atoms. The van der Waals surface area contributed by atoms with Crippen LogP contribution in [-0.4, -0.2) is 15.9 Å². The molecule has 1 amide bonds. The number of carbonyl (C=O) groups excluding carboxylic acids is 1. The van der Waals surface area contributed by atoms with Gasteiger partial charge < -0.3 is 0 Å². The van der Waals surface area contributed by atoms with E-state index in [1.54, 1.807) is 42.6 Å². The van der Waals surface area contributed by atoms with Crippen LogP contribution in [0.4, 0.5) is 13.9 Å². The van der Waals surface area contributed by atoms with Gasteiger partial charge in [0.2, 0.25) is 0 Å². The summed E-state index contributed by atoms with van der Waals surface area (Å²) in [7, 11) is 0. The third-order valence-corrected chi connectivity index (χ3v) is 5.93. The number of aromatic nitrogens is 2. The number of anilines is 1. The van der Waals surface area contributed by atoms with Gasteiger partial charge >= 0.3 is 0 Å². The molecule has 0 unspecified atom stereocenters. The van der Waals surface area contributed by atoms with Crippen LogP contribution < -0.4 is 4.90 Å². The van der Waals surface area contributed by atoms with E-state index in [1.165, 1.54) is 11.0 Å². The highest BCUT2D eigenvalue weighted by Crippen LogP contribution is 2.33. The van der Waals surface area contributed by atoms with Gasteiger partial charge in [-0.3, -0.25) is 14.7 Å². The summed E-state index contributed by atoms with van der Waals surface area (Å²) in [4.78, 5) is 23.2. The van der Waals surface area contributed by atoms with Gasteiger partial charge in [-0.05, 0) is 36.4 Å². The zero-order chi connectivity index (χ0) is 20.5. The van der Waals surface area contributed by atoms with Crippen molar-refractivity contribution in [1.82, 2.24) is 9.97 Å². The van der Waals surface area contributed by atoms with E-state index < -0.39 is 17.5 Å². The minimum absolute atomic E-state index is 0.00515. The van der Waals surface area contributed by atoms with E-state index in [0.29, 0.717) is 14.9 Å². The van der Waals surface area contributed by atoms with Gasteiger partial charge in [0, 0.05) is 16.7 Å². The van der Waals surface area contributed by atoms with Crippen molar-refractivity contribution < 1.29 is 13.6 Å². The third kappa shape index (κ3) is 4.14. The quantitative estimate of drug-likeness (QED) is 0.338. The van der Waals surface area contributed by atoms with Crippen molar-refractivity contribution in [2.45, 2.75) is 6.54 Å². The molecular formula is C20H11BrClF2N3OS. The zero-order valence-electron chi connectivity index (χ0n) is 14.6. The molecule has 0 atom stereocenters. The molecule has 4 aromatic rings. The molecule has 29 heavy (non-hydrogen) atoms. The third-order valence-electron chi connectivity index (χ3n) is 4.08. The predicted molar refractivity (Wildman–Crippen MR) is 113 cm³/mol. The van der Waals surface area contributed by atoms with E-state index in [4.69, 9.17) is 11.6 Å². The first-order valence-corrected chi connectivity index (χ1v) is 10.3. The number of nitrogens with zero attached hydrogens (tertiary/aromatic N) is 3. The van der Waals surface area contributed by atoms with Crippen LogP contribution in [0.3, 0.4) is 0 Å². The molecule has 0 aliphatic heterocycles. The number of pyridine rings is 1. The number of thiazole rings is 1. The first kappa shape index (κ1) is 19.9. The van der Waals surface area contributed by atoms with Crippen molar-refractivity contribution in [2.75, 3.05) is 4.90 Å². The molecule has 0 bridgehead atoms. The maximum Gasteiger partial charge on any atom is 0.261 e. The Labute approximate surface area is 181 Å². The van der Waals surface area contributed by atoms with E-state index >= 15 is 0 Å². The highest BCUT2D eigenvalue weighted by molar-refractivity contribution is 9.10. The predicted octanol–water partition coefficient (Wildman–Crippen LogP) is 6.23. The van der Waals surface area contributed by atoms with Crippen LogP contribution >= 0.6 is 38.9 Å². The van der Waals surface area contributed by atoms with E-state index in [-0.39, 0.29) is 27.8 Å². The topological polar surface area (TPSA) is 46.1 Å². The maximum absolute atomic E-state index is 14.2. The number of amides is 1. The lowest BCUT2D eigenvalue weighted by molar-refractivity contribution is 0.0985. The Bertz CT molecular complexity index is 1220. The largest absolute Gasteiger partial charge is 0.278 e. The Hall–Kier alpha value is -2.42. The van der Waals surface area contributed by atoms with Crippen molar-refractivity contribution >= 4 is 60.1 Å². The van der Waals surface area contributed by atoms with Crippen molar-refractivity contribution in [3.8, 4) is 0 Å². The summed E-state index contributed by atoms with van der Waals surface area (Å²) in [6, 6.07) is 12.2. The number of rotatable bonds is 4. The lowest BCUT2D eigenvalue weighted by atomic mass is 10.2. The van der Waals surface area contributed by atoms with Crippen LogP contribution in [0, 0.1) is 11.6 Å². The molecule has 0 aliphatic rings. The Morgan fingerprint density at radius 1 is 1.17 bits per heavy atom. The molecule has 2 aromatic heterocycles. The molecule has 4 nitrogen and oxygen atoms in total. The molecule has 0 N–H and O–H groups in total. The summed E-state index contributed by atoms with van der Waals surface area (Å²) in [6.45, 7) is 0.0897. The molecule has 146 valence electrons. The van der Waals surface area contributed by atoms with Crippen LogP contribution in [0.25, 0.3) is 10.2 Å². The molecule has 2 heterocycles. The fourth-order valence-electron chi connectivity index (χ4n) is 2.75. The number of hydrogen-bond donors (Lipinski definition) is 0. The van der Waals surface area contributed by atoms with Crippen LogP contribution in [0.15, 0.2) is 59.2 Å². The van der Waals surface area contributed by atoms with E-state index in [0.717, 1.165) is 17.4 Å². The second-order valence-electron chi connectivity index (χ2n) is 6.07.